The van der Waals surface area contributed by atoms with E-state index < -0.39 is 5.54 Å². The average molecular weight is 404 g/mol. The molecule has 3 aliphatic rings. The molecule has 1 spiro atoms. The zero-order valence-electron chi connectivity index (χ0n) is 16.0. The van der Waals surface area contributed by atoms with Crippen molar-refractivity contribution in [2.24, 2.45) is 5.92 Å². The first kappa shape index (κ1) is 19.2. The standard InChI is InChI=1S/C21H26ClN3O3/c22-17-5-3-15(4-6-17)18(26)24-13-7-16(8-14-24)19(27)25-12-2-10-21(25)9-1-11-23-20(21)28/h3-6,16H,1-2,7-14H2,(H,23,28). The molecule has 1 unspecified atom stereocenters. The van der Waals surface area contributed by atoms with Crippen LogP contribution in [0.5, 0.6) is 0 Å². The van der Waals surface area contributed by atoms with Crippen molar-refractivity contribution in [1.82, 2.24) is 15.1 Å². The molecule has 0 aliphatic carbocycles. The number of halogens is 1. The number of rotatable bonds is 2. The van der Waals surface area contributed by atoms with E-state index in [0.29, 0.717) is 49.6 Å². The Morgan fingerprint density at radius 2 is 1.71 bits per heavy atom. The van der Waals surface area contributed by atoms with Gasteiger partial charge >= 0.3 is 0 Å². The molecule has 0 saturated carbocycles. The Bertz CT molecular complexity index is 774. The van der Waals surface area contributed by atoms with E-state index in [1.165, 1.54) is 0 Å². The molecule has 0 bridgehead atoms. The van der Waals surface area contributed by atoms with Gasteiger partial charge in [0, 0.05) is 42.7 Å². The van der Waals surface area contributed by atoms with Crippen molar-refractivity contribution < 1.29 is 14.4 Å². The van der Waals surface area contributed by atoms with Crippen LogP contribution in [0.15, 0.2) is 24.3 Å². The maximum atomic E-state index is 13.2. The summed E-state index contributed by atoms with van der Waals surface area (Å²) in [7, 11) is 0. The molecule has 0 aromatic heterocycles. The highest BCUT2D eigenvalue weighted by Gasteiger charge is 2.51. The third-order valence-corrected chi connectivity index (χ3v) is 6.70. The van der Waals surface area contributed by atoms with Gasteiger partial charge in [0.2, 0.25) is 11.8 Å². The summed E-state index contributed by atoms with van der Waals surface area (Å²) in [5.74, 6) is -0.0288. The van der Waals surface area contributed by atoms with Crippen LogP contribution in [-0.2, 0) is 9.59 Å². The van der Waals surface area contributed by atoms with Gasteiger partial charge in [-0.1, -0.05) is 11.6 Å². The Balaban J connectivity index is 1.39. The van der Waals surface area contributed by atoms with Gasteiger partial charge in [-0.3, -0.25) is 14.4 Å². The molecule has 1 aromatic carbocycles. The summed E-state index contributed by atoms with van der Waals surface area (Å²) < 4.78 is 0. The Kier molecular flexibility index (Phi) is 5.32. The molecule has 7 heteroatoms. The van der Waals surface area contributed by atoms with Gasteiger partial charge in [0.1, 0.15) is 5.54 Å². The minimum absolute atomic E-state index is 0.0138. The maximum absolute atomic E-state index is 13.2. The number of hydrogen-bond donors (Lipinski definition) is 1. The van der Waals surface area contributed by atoms with Crippen LogP contribution >= 0.6 is 11.6 Å². The fourth-order valence-corrected chi connectivity index (χ4v) is 5.01. The van der Waals surface area contributed by atoms with Crippen LogP contribution in [-0.4, -0.2) is 59.2 Å². The zero-order chi connectivity index (χ0) is 19.7. The van der Waals surface area contributed by atoms with E-state index in [4.69, 9.17) is 11.6 Å². The molecule has 1 atom stereocenters. The number of piperidine rings is 2. The van der Waals surface area contributed by atoms with Gasteiger partial charge in [0.25, 0.3) is 5.91 Å². The molecule has 0 radical (unpaired) electrons. The lowest BCUT2D eigenvalue weighted by atomic mass is 9.85. The number of amides is 3. The molecule has 6 nitrogen and oxygen atoms in total. The minimum Gasteiger partial charge on any atom is -0.354 e. The second kappa shape index (κ2) is 7.74. The van der Waals surface area contributed by atoms with E-state index in [1.54, 1.807) is 29.2 Å². The smallest absolute Gasteiger partial charge is 0.253 e. The van der Waals surface area contributed by atoms with Crippen LogP contribution in [0.2, 0.25) is 5.02 Å². The van der Waals surface area contributed by atoms with Gasteiger partial charge in [-0.25, -0.2) is 0 Å². The number of nitrogens with one attached hydrogen (secondary N) is 1. The first-order valence-corrected chi connectivity index (χ1v) is 10.5. The molecule has 1 N–H and O–H groups in total. The summed E-state index contributed by atoms with van der Waals surface area (Å²) in [6, 6.07) is 6.90. The molecule has 28 heavy (non-hydrogen) atoms. The quantitative estimate of drug-likeness (QED) is 0.824. The van der Waals surface area contributed by atoms with Crippen LogP contribution in [0.3, 0.4) is 0 Å². The molecule has 4 rings (SSSR count). The third kappa shape index (κ3) is 3.39. The highest BCUT2D eigenvalue weighted by atomic mass is 35.5. The lowest BCUT2D eigenvalue weighted by Gasteiger charge is -2.42. The molecule has 150 valence electrons. The first-order chi connectivity index (χ1) is 13.5. The van der Waals surface area contributed by atoms with E-state index >= 15 is 0 Å². The molecular weight excluding hydrogens is 378 g/mol. The van der Waals surface area contributed by atoms with Crippen LogP contribution in [0.4, 0.5) is 0 Å². The van der Waals surface area contributed by atoms with Gasteiger partial charge in [-0.2, -0.15) is 0 Å². The number of benzene rings is 1. The summed E-state index contributed by atoms with van der Waals surface area (Å²) in [6.07, 6.45) is 4.62. The molecule has 3 fully saturated rings. The number of nitrogens with zero attached hydrogens (tertiary/aromatic N) is 2. The van der Waals surface area contributed by atoms with Crippen LogP contribution < -0.4 is 5.32 Å². The average Bonchev–Trinajstić information content (AvgIpc) is 3.14. The molecule has 3 amide bonds. The Morgan fingerprint density at radius 1 is 1.04 bits per heavy atom. The van der Waals surface area contributed by atoms with Crippen molar-refractivity contribution in [2.45, 2.75) is 44.1 Å². The van der Waals surface area contributed by atoms with E-state index in [2.05, 4.69) is 5.32 Å². The van der Waals surface area contributed by atoms with Gasteiger partial charge in [0.15, 0.2) is 0 Å². The van der Waals surface area contributed by atoms with Crippen molar-refractivity contribution in [1.29, 1.82) is 0 Å². The highest BCUT2D eigenvalue weighted by Crippen LogP contribution is 2.38. The van der Waals surface area contributed by atoms with Crippen molar-refractivity contribution in [2.75, 3.05) is 26.2 Å². The number of likely N-dealkylation sites (tertiary alicyclic amines) is 2. The molecular formula is C21H26ClN3O3. The predicted octanol–water partition coefficient (Wildman–Crippen LogP) is 2.46. The first-order valence-electron chi connectivity index (χ1n) is 10.2. The third-order valence-electron chi connectivity index (χ3n) is 6.45. The number of carbonyl (C=O) groups excluding carboxylic acids is 3. The Morgan fingerprint density at radius 3 is 2.39 bits per heavy atom. The van der Waals surface area contributed by atoms with Gasteiger partial charge in [-0.05, 0) is 62.8 Å². The summed E-state index contributed by atoms with van der Waals surface area (Å²) in [4.78, 5) is 42.1. The SMILES string of the molecule is O=C(c1ccc(Cl)cc1)N1CCC(C(=O)N2CCCC23CCCNC3=O)CC1. The zero-order valence-corrected chi connectivity index (χ0v) is 16.7. The fourth-order valence-electron chi connectivity index (χ4n) is 4.88. The van der Waals surface area contributed by atoms with Gasteiger partial charge < -0.3 is 15.1 Å². The summed E-state index contributed by atoms with van der Waals surface area (Å²) in [6.45, 7) is 2.49. The van der Waals surface area contributed by atoms with E-state index in [1.807, 2.05) is 4.90 Å². The number of carbonyl (C=O) groups is 3. The maximum Gasteiger partial charge on any atom is 0.253 e. The summed E-state index contributed by atoms with van der Waals surface area (Å²) in [5, 5.41) is 3.56. The monoisotopic (exact) mass is 403 g/mol. The fraction of sp³-hybridized carbons (Fsp3) is 0.571. The summed E-state index contributed by atoms with van der Waals surface area (Å²) >= 11 is 5.89. The van der Waals surface area contributed by atoms with E-state index in [-0.39, 0.29) is 23.6 Å². The molecule has 1 aromatic rings. The highest BCUT2D eigenvalue weighted by molar-refractivity contribution is 6.30. The van der Waals surface area contributed by atoms with Crippen LogP contribution in [0.1, 0.15) is 48.9 Å². The second-order valence-corrected chi connectivity index (χ2v) is 8.49. The Labute approximate surface area is 170 Å². The van der Waals surface area contributed by atoms with Crippen LogP contribution in [0, 0.1) is 5.92 Å². The van der Waals surface area contributed by atoms with Crippen LogP contribution in [0.25, 0.3) is 0 Å². The van der Waals surface area contributed by atoms with Crippen molar-refractivity contribution in [3.05, 3.63) is 34.9 Å². The predicted molar refractivity (Wildman–Crippen MR) is 106 cm³/mol. The van der Waals surface area contributed by atoms with E-state index in [9.17, 15) is 14.4 Å². The van der Waals surface area contributed by atoms with Crippen molar-refractivity contribution >= 4 is 29.3 Å². The number of hydrogen-bond acceptors (Lipinski definition) is 3. The topological polar surface area (TPSA) is 69.7 Å². The second-order valence-electron chi connectivity index (χ2n) is 8.06. The van der Waals surface area contributed by atoms with E-state index in [0.717, 1.165) is 25.7 Å². The lowest BCUT2D eigenvalue weighted by Crippen LogP contribution is -2.61. The molecule has 3 aliphatic heterocycles. The van der Waals surface area contributed by atoms with Crippen molar-refractivity contribution in [3.8, 4) is 0 Å². The van der Waals surface area contributed by atoms with Gasteiger partial charge in [-0.15, -0.1) is 0 Å². The van der Waals surface area contributed by atoms with Crippen molar-refractivity contribution in [3.63, 3.8) is 0 Å². The van der Waals surface area contributed by atoms with Gasteiger partial charge in [0.05, 0.1) is 0 Å². The Hall–Kier alpha value is -2.08. The normalized spacial score (nSPS) is 25.8. The summed E-state index contributed by atoms with van der Waals surface area (Å²) in [5.41, 5.74) is -0.0162. The minimum atomic E-state index is -0.633. The molecule has 3 heterocycles. The molecule has 3 saturated heterocycles. The lowest BCUT2D eigenvalue weighted by molar-refractivity contribution is -0.150. The largest absolute Gasteiger partial charge is 0.354 e.